The molecule has 2 N–H and O–H groups in total. The van der Waals surface area contributed by atoms with Crippen molar-refractivity contribution in [3.8, 4) is 17.2 Å². The number of anilines is 2. The molecule has 2 heterocycles. The lowest BCUT2D eigenvalue weighted by Crippen LogP contribution is -2.28. The van der Waals surface area contributed by atoms with Crippen LogP contribution in [0.3, 0.4) is 0 Å². The zero-order valence-corrected chi connectivity index (χ0v) is 14.9. The third kappa shape index (κ3) is 3.40. The lowest BCUT2D eigenvalue weighted by atomic mass is 10.1. The molecule has 1 atom stereocenters. The molecule has 7 heteroatoms. The Bertz CT molecular complexity index is 911. The summed E-state index contributed by atoms with van der Waals surface area (Å²) in [7, 11) is 0. The highest BCUT2D eigenvalue weighted by Crippen LogP contribution is 2.36. The van der Waals surface area contributed by atoms with Crippen molar-refractivity contribution in [2.75, 3.05) is 30.0 Å². The number of aromatic hydroxyl groups is 1. The highest BCUT2D eigenvalue weighted by atomic mass is 16.6. The third-order valence-electron chi connectivity index (χ3n) is 4.80. The van der Waals surface area contributed by atoms with Gasteiger partial charge in [-0.2, -0.15) is 0 Å². The molecular formula is C20H20N2O5. The first kappa shape index (κ1) is 17.2. The normalized spacial score (nSPS) is 18.5. The second-order valence-electron chi connectivity index (χ2n) is 6.72. The maximum atomic E-state index is 12.6. The van der Waals surface area contributed by atoms with Crippen LogP contribution in [0.15, 0.2) is 36.4 Å². The fourth-order valence-corrected chi connectivity index (χ4v) is 3.31. The number of phenolic OH excluding ortho intramolecular Hbond substituents is 1. The van der Waals surface area contributed by atoms with Gasteiger partial charge in [-0.3, -0.25) is 9.59 Å². The monoisotopic (exact) mass is 368 g/mol. The summed E-state index contributed by atoms with van der Waals surface area (Å²) >= 11 is 0. The number of amides is 2. The summed E-state index contributed by atoms with van der Waals surface area (Å²) < 4.78 is 11.1. The number of carbonyl (C=O) groups is 2. The number of rotatable bonds is 3. The van der Waals surface area contributed by atoms with Crippen molar-refractivity contribution in [1.82, 2.24) is 0 Å². The molecule has 140 valence electrons. The Hall–Kier alpha value is -3.22. The van der Waals surface area contributed by atoms with Gasteiger partial charge in [-0.15, -0.1) is 0 Å². The van der Waals surface area contributed by atoms with Gasteiger partial charge in [0.1, 0.15) is 19.0 Å². The summed E-state index contributed by atoms with van der Waals surface area (Å²) in [6.45, 7) is 3.05. The number of nitrogens with zero attached hydrogens (tertiary/aromatic N) is 1. The first-order valence-electron chi connectivity index (χ1n) is 8.82. The number of aryl methyl sites for hydroxylation is 1. The average Bonchev–Trinajstić information content (AvgIpc) is 3.06. The van der Waals surface area contributed by atoms with Crippen molar-refractivity contribution in [2.45, 2.75) is 13.3 Å². The average molecular weight is 368 g/mol. The van der Waals surface area contributed by atoms with Crippen LogP contribution in [-0.4, -0.2) is 36.7 Å². The SMILES string of the molecule is Cc1cc(NC(=O)C2CC(=O)N(c3ccc4c(c3)OCCO4)C2)ccc1O. The lowest BCUT2D eigenvalue weighted by Gasteiger charge is -2.22. The van der Waals surface area contributed by atoms with Crippen molar-refractivity contribution in [1.29, 1.82) is 0 Å². The van der Waals surface area contributed by atoms with Crippen molar-refractivity contribution in [3.05, 3.63) is 42.0 Å². The van der Waals surface area contributed by atoms with E-state index in [1.54, 1.807) is 42.2 Å². The van der Waals surface area contributed by atoms with Crippen LogP contribution in [-0.2, 0) is 9.59 Å². The van der Waals surface area contributed by atoms with E-state index < -0.39 is 5.92 Å². The van der Waals surface area contributed by atoms with Gasteiger partial charge in [-0.1, -0.05) is 0 Å². The predicted molar refractivity (Wildman–Crippen MR) is 99.4 cm³/mol. The van der Waals surface area contributed by atoms with Gasteiger partial charge in [-0.25, -0.2) is 0 Å². The minimum absolute atomic E-state index is 0.103. The van der Waals surface area contributed by atoms with Crippen LogP contribution in [0.4, 0.5) is 11.4 Å². The zero-order valence-electron chi connectivity index (χ0n) is 14.9. The van der Waals surface area contributed by atoms with Crippen molar-refractivity contribution >= 4 is 23.2 Å². The van der Waals surface area contributed by atoms with Crippen LogP contribution in [0.2, 0.25) is 0 Å². The number of hydrogen-bond acceptors (Lipinski definition) is 5. The summed E-state index contributed by atoms with van der Waals surface area (Å²) in [6, 6.07) is 10.2. The van der Waals surface area contributed by atoms with E-state index >= 15 is 0 Å². The number of nitrogens with one attached hydrogen (secondary N) is 1. The number of benzene rings is 2. The second-order valence-corrected chi connectivity index (χ2v) is 6.72. The van der Waals surface area contributed by atoms with Gasteiger partial charge in [-0.05, 0) is 42.8 Å². The van der Waals surface area contributed by atoms with Crippen LogP contribution in [0.25, 0.3) is 0 Å². The first-order valence-corrected chi connectivity index (χ1v) is 8.82. The van der Waals surface area contributed by atoms with Crippen molar-refractivity contribution < 1.29 is 24.2 Å². The number of carbonyl (C=O) groups excluding carboxylic acids is 2. The van der Waals surface area contributed by atoms with Crippen LogP contribution in [0, 0.1) is 12.8 Å². The number of ether oxygens (including phenoxy) is 2. The summed E-state index contributed by atoms with van der Waals surface area (Å²) in [5.41, 5.74) is 1.97. The summed E-state index contributed by atoms with van der Waals surface area (Å²) in [5.74, 6) is 0.684. The molecule has 0 radical (unpaired) electrons. The highest BCUT2D eigenvalue weighted by Gasteiger charge is 2.35. The molecule has 0 aromatic heterocycles. The quantitative estimate of drug-likeness (QED) is 0.813. The maximum Gasteiger partial charge on any atom is 0.229 e. The van der Waals surface area contributed by atoms with Gasteiger partial charge in [0.05, 0.1) is 5.92 Å². The molecule has 1 saturated heterocycles. The Morgan fingerprint density at radius 1 is 1.15 bits per heavy atom. The van der Waals surface area contributed by atoms with Crippen LogP contribution >= 0.6 is 0 Å². The standard InChI is InChI=1S/C20H20N2O5/c1-12-8-14(2-4-16(12)23)21-20(25)13-9-19(24)22(11-13)15-3-5-17-18(10-15)27-7-6-26-17/h2-5,8,10,13,23H,6-7,9,11H2,1H3,(H,21,25). The Morgan fingerprint density at radius 2 is 1.93 bits per heavy atom. The third-order valence-corrected chi connectivity index (χ3v) is 4.80. The fraction of sp³-hybridized carbons (Fsp3) is 0.300. The molecule has 2 aliphatic rings. The van der Waals surface area contributed by atoms with Gasteiger partial charge in [0.15, 0.2) is 11.5 Å². The molecule has 0 bridgehead atoms. The molecule has 1 unspecified atom stereocenters. The van der Waals surface area contributed by atoms with E-state index in [4.69, 9.17) is 9.47 Å². The highest BCUT2D eigenvalue weighted by molar-refractivity contribution is 6.03. The molecule has 0 spiro atoms. The number of fused-ring (bicyclic) bond motifs is 1. The lowest BCUT2D eigenvalue weighted by molar-refractivity contribution is -0.122. The minimum Gasteiger partial charge on any atom is -0.508 e. The Labute approximate surface area is 156 Å². The minimum atomic E-state index is -0.445. The molecule has 1 fully saturated rings. The van der Waals surface area contributed by atoms with Crippen LogP contribution < -0.4 is 19.7 Å². The van der Waals surface area contributed by atoms with Gasteiger partial charge in [0, 0.05) is 30.4 Å². The van der Waals surface area contributed by atoms with E-state index in [-0.39, 0.29) is 24.0 Å². The molecule has 2 amide bonds. The first-order chi connectivity index (χ1) is 13.0. The van der Waals surface area contributed by atoms with E-state index in [1.165, 1.54) is 6.07 Å². The molecule has 0 aliphatic carbocycles. The largest absolute Gasteiger partial charge is 0.508 e. The van der Waals surface area contributed by atoms with Gasteiger partial charge in [0.25, 0.3) is 0 Å². The van der Waals surface area contributed by atoms with Gasteiger partial charge >= 0.3 is 0 Å². The zero-order chi connectivity index (χ0) is 19.0. The van der Waals surface area contributed by atoms with E-state index in [0.29, 0.717) is 48.2 Å². The Balaban J connectivity index is 1.47. The Kier molecular flexibility index (Phi) is 4.35. The molecule has 2 aromatic rings. The van der Waals surface area contributed by atoms with Crippen LogP contribution in [0.5, 0.6) is 17.2 Å². The second kappa shape index (κ2) is 6.83. The van der Waals surface area contributed by atoms with Crippen molar-refractivity contribution in [2.24, 2.45) is 5.92 Å². The van der Waals surface area contributed by atoms with Gasteiger partial charge in [0.2, 0.25) is 11.8 Å². The maximum absolute atomic E-state index is 12.6. The number of phenols is 1. The van der Waals surface area contributed by atoms with E-state index in [0.717, 1.165) is 0 Å². The molecule has 4 rings (SSSR count). The molecule has 2 aromatic carbocycles. The van der Waals surface area contributed by atoms with E-state index in [2.05, 4.69) is 5.32 Å². The summed E-state index contributed by atoms with van der Waals surface area (Å²) in [4.78, 5) is 26.6. The molecule has 0 saturated carbocycles. The number of hydrogen-bond donors (Lipinski definition) is 2. The summed E-state index contributed by atoms with van der Waals surface area (Å²) in [6.07, 6.45) is 0.150. The van der Waals surface area contributed by atoms with Crippen LogP contribution in [0.1, 0.15) is 12.0 Å². The summed E-state index contributed by atoms with van der Waals surface area (Å²) in [5, 5.41) is 12.4. The molecule has 7 nitrogen and oxygen atoms in total. The van der Waals surface area contributed by atoms with Crippen molar-refractivity contribution in [3.63, 3.8) is 0 Å². The Morgan fingerprint density at radius 3 is 2.70 bits per heavy atom. The van der Waals surface area contributed by atoms with E-state index in [9.17, 15) is 14.7 Å². The molecular weight excluding hydrogens is 348 g/mol. The van der Waals surface area contributed by atoms with E-state index in [1.807, 2.05) is 0 Å². The smallest absolute Gasteiger partial charge is 0.229 e. The fourth-order valence-electron chi connectivity index (χ4n) is 3.31. The molecule has 27 heavy (non-hydrogen) atoms. The predicted octanol–water partition coefficient (Wildman–Crippen LogP) is 2.46. The topological polar surface area (TPSA) is 88.1 Å². The molecule has 2 aliphatic heterocycles. The van der Waals surface area contributed by atoms with Gasteiger partial charge < -0.3 is 24.8 Å².